The van der Waals surface area contributed by atoms with Crippen LogP contribution in [0.3, 0.4) is 0 Å². The zero-order chi connectivity index (χ0) is 19.6. The number of rotatable bonds is 4. The lowest BCUT2D eigenvalue weighted by molar-refractivity contribution is 0.0472. The molecule has 1 heterocycles. The molecule has 0 aliphatic heterocycles. The lowest BCUT2D eigenvalue weighted by Gasteiger charge is -2.09. The number of esters is 2. The molecule has 0 spiro atoms. The molecule has 0 N–H and O–H groups in total. The second-order valence-electron chi connectivity index (χ2n) is 5.83. The zero-order valence-electron chi connectivity index (χ0n) is 14.6. The molecule has 0 fully saturated rings. The minimum atomic E-state index is -0.592. The van der Waals surface area contributed by atoms with Crippen LogP contribution in [0.5, 0.6) is 0 Å². The standard InChI is InChI=1S/C20H15ClO6/c1-11-7-17-15(9-16(11)21)14(8-18(22)27-17)10-26-20(24)13-5-3-12(4-6-13)19(23)25-2/h3-9H,10H2,1-2H3. The summed E-state index contributed by atoms with van der Waals surface area (Å²) in [6.45, 7) is 1.67. The summed E-state index contributed by atoms with van der Waals surface area (Å²) in [4.78, 5) is 35.4. The Morgan fingerprint density at radius 1 is 1.04 bits per heavy atom. The normalized spacial score (nSPS) is 10.6. The van der Waals surface area contributed by atoms with Crippen LogP contribution < -0.4 is 5.63 Å². The van der Waals surface area contributed by atoms with Gasteiger partial charge in [0.15, 0.2) is 0 Å². The highest BCUT2D eigenvalue weighted by molar-refractivity contribution is 6.32. The quantitative estimate of drug-likeness (QED) is 0.499. The van der Waals surface area contributed by atoms with E-state index in [9.17, 15) is 14.4 Å². The summed E-state index contributed by atoms with van der Waals surface area (Å²) in [5.74, 6) is -1.09. The average molecular weight is 387 g/mol. The van der Waals surface area contributed by atoms with Crippen LogP contribution in [0.1, 0.15) is 31.8 Å². The van der Waals surface area contributed by atoms with Gasteiger partial charge >= 0.3 is 17.6 Å². The first kappa shape index (κ1) is 18.7. The van der Waals surface area contributed by atoms with E-state index < -0.39 is 17.6 Å². The van der Waals surface area contributed by atoms with Crippen LogP contribution in [0.15, 0.2) is 51.7 Å². The van der Waals surface area contributed by atoms with Crippen LogP contribution in [0.25, 0.3) is 11.0 Å². The summed E-state index contributed by atoms with van der Waals surface area (Å²) < 4.78 is 15.1. The number of carbonyl (C=O) groups excluding carboxylic acids is 2. The topological polar surface area (TPSA) is 82.8 Å². The van der Waals surface area contributed by atoms with Crippen molar-refractivity contribution in [1.82, 2.24) is 0 Å². The largest absolute Gasteiger partial charge is 0.465 e. The number of ether oxygens (including phenoxy) is 2. The van der Waals surface area contributed by atoms with E-state index in [-0.39, 0.29) is 12.2 Å². The summed E-state index contributed by atoms with van der Waals surface area (Å²) in [5, 5.41) is 1.11. The molecule has 3 aromatic rings. The van der Waals surface area contributed by atoms with Gasteiger partial charge in [-0.3, -0.25) is 0 Å². The Morgan fingerprint density at radius 3 is 2.30 bits per heavy atom. The molecule has 1 aromatic heterocycles. The SMILES string of the molecule is COC(=O)c1ccc(C(=O)OCc2cc(=O)oc3cc(C)c(Cl)cc23)cc1. The number of methoxy groups -OCH3 is 1. The first-order valence-electron chi connectivity index (χ1n) is 7.97. The number of hydrogen-bond donors (Lipinski definition) is 0. The van der Waals surface area contributed by atoms with Gasteiger partial charge in [-0.2, -0.15) is 0 Å². The number of halogens is 1. The fourth-order valence-corrected chi connectivity index (χ4v) is 2.72. The molecule has 138 valence electrons. The van der Waals surface area contributed by atoms with Crippen molar-refractivity contribution in [3.05, 3.63) is 80.2 Å². The first-order chi connectivity index (χ1) is 12.9. The van der Waals surface area contributed by atoms with E-state index in [4.69, 9.17) is 20.8 Å². The van der Waals surface area contributed by atoms with Crippen molar-refractivity contribution in [1.29, 1.82) is 0 Å². The van der Waals surface area contributed by atoms with Crippen LogP contribution in [0.4, 0.5) is 0 Å². The fraction of sp³-hybridized carbons (Fsp3) is 0.150. The minimum Gasteiger partial charge on any atom is -0.465 e. The zero-order valence-corrected chi connectivity index (χ0v) is 15.3. The lowest BCUT2D eigenvalue weighted by Crippen LogP contribution is -2.09. The molecule has 0 saturated heterocycles. The van der Waals surface area contributed by atoms with Crippen molar-refractivity contribution >= 4 is 34.5 Å². The lowest BCUT2D eigenvalue weighted by atomic mass is 10.1. The second kappa shape index (κ2) is 7.63. The summed E-state index contributed by atoms with van der Waals surface area (Å²) in [7, 11) is 1.28. The molecular formula is C20H15ClO6. The Bertz CT molecular complexity index is 1080. The minimum absolute atomic E-state index is 0.126. The van der Waals surface area contributed by atoms with Gasteiger partial charge in [-0.15, -0.1) is 0 Å². The van der Waals surface area contributed by atoms with E-state index in [0.29, 0.717) is 27.1 Å². The van der Waals surface area contributed by atoms with Crippen LogP contribution in [-0.4, -0.2) is 19.0 Å². The van der Waals surface area contributed by atoms with Crippen LogP contribution in [-0.2, 0) is 16.1 Å². The van der Waals surface area contributed by atoms with Crippen molar-refractivity contribution < 1.29 is 23.5 Å². The maximum Gasteiger partial charge on any atom is 0.338 e. The summed E-state index contributed by atoms with van der Waals surface area (Å²) in [6.07, 6.45) is 0. The predicted octanol–water partition coefficient (Wildman–Crippen LogP) is 3.90. The molecule has 0 saturated carbocycles. The molecule has 7 heteroatoms. The molecule has 2 aromatic carbocycles. The van der Waals surface area contributed by atoms with Crippen molar-refractivity contribution in [2.24, 2.45) is 0 Å². The van der Waals surface area contributed by atoms with Gasteiger partial charge in [0.1, 0.15) is 12.2 Å². The fourth-order valence-electron chi connectivity index (χ4n) is 2.55. The van der Waals surface area contributed by atoms with Gasteiger partial charge in [-0.05, 0) is 48.9 Å². The Hall–Kier alpha value is -3.12. The summed E-state index contributed by atoms with van der Waals surface area (Å²) in [6, 6.07) is 10.5. The van der Waals surface area contributed by atoms with E-state index in [0.717, 1.165) is 5.56 Å². The van der Waals surface area contributed by atoms with Gasteiger partial charge in [0, 0.05) is 22.0 Å². The molecular weight excluding hydrogens is 372 g/mol. The van der Waals surface area contributed by atoms with Crippen molar-refractivity contribution in [2.45, 2.75) is 13.5 Å². The van der Waals surface area contributed by atoms with Crippen molar-refractivity contribution in [3.63, 3.8) is 0 Å². The van der Waals surface area contributed by atoms with Crippen LogP contribution in [0.2, 0.25) is 5.02 Å². The number of aryl methyl sites for hydroxylation is 1. The maximum atomic E-state index is 12.2. The van der Waals surface area contributed by atoms with Crippen molar-refractivity contribution in [2.75, 3.05) is 7.11 Å². The molecule has 0 radical (unpaired) electrons. The molecule has 0 bridgehead atoms. The highest BCUT2D eigenvalue weighted by Crippen LogP contribution is 2.25. The Kier molecular flexibility index (Phi) is 5.28. The Balaban J connectivity index is 1.82. The van der Waals surface area contributed by atoms with Gasteiger partial charge in [0.25, 0.3) is 0 Å². The van der Waals surface area contributed by atoms with Gasteiger partial charge in [-0.1, -0.05) is 11.6 Å². The molecule has 27 heavy (non-hydrogen) atoms. The third-order valence-corrected chi connectivity index (χ3v) is 4.42. The second-order valence-corrected chi connectivity index (χ2v) is 6.24. The molecule has 0 aliphatic carbocycles. The van der Waals surface area contributed by atoms with Gasteiger partial charge < -0.3 is 13.9 Å². The van der Waals surface area contributed by atoms with Crippen LogP contribution in [0, 0.1) is 6.92 Å². The molecule has 0 amide bonds. The monoisotopic (exact) mass is 386 g/mol. The van der Waals surface area contributed by atoms with Crippen LogP contribution >= 0.6 is 11.6 Å². The van der Waals surface area contributed by atoms with Gasteiger partial charge in [-0.25, -0.2) is 14.4 Å². The van der Waals surface area contributed by atoms with E-state index in [1.165, 1.54) is 37.4 Å². The Labute approximate surface area is 159 Å². The summed E-state index contributed by atoms with van der Waals surface area (Å²) >= 11 is 6.15. The molecule has 3 rings (SSSR count). The van der Waals surface area contributed by atoms with E-state index in [2.05, 4.69) is 4.74 Å². The number of fused-ring (bicyclic) bond motifs is 1. The van der Waals surface area contributed by atoms with E-state index in [1.807, 2.05) is 0 Å². The molecule has 6 nitrogen and oxygen atoms in total. The molecule has 0 atom stereocenters. The maximum absolute atomic E-state index is 12.2. The van der Waals surface area contributed by atoms with E-state index >= 15 is 0 Å². The number of carbonyl (C=O) groups is 2. The summed E-state index contributed by atoms with van der Waals surface area (Å²) in [5.41, 5.74) is 1.68. The third kappa shape index (κ3) is 4.01. The van der Waals surface area contributed by atoms with E-state index in [1.54, 1.807) is 19.1 Å². The highest BCUT2D eigenvalue weighted by Gasteiger charge is 2.13. The highest BCUT2D eigenvalue weighted by atomic mass is 35.5. The molecule has 0 unspecified atom stereocenters. The third-order valence-electron chi connectivity index (χ3n) is 4.01. The van der Waals surface area contributed by atoms with Gasteiger partial charge in [0.05, 0.1) is 18.2 Å². The average Bonchev–Trinajstić information content (AvgIpc) is 2.66. The van der Waals surface area contributed by atoms with Gasteiger partial charge in [0.2, 0.25) is 0 Å². The predicted molar refractivity (Wildman–Crippen MR) is 99.1 cm³/mol. The van der Waals surface area contributed by atoms with Crippen molar-refractivity contribution in [3.8, 4) is 0 Å². The number of hydrogen-bond acceptors (Lipinski definition) is 6. The smallest absolute Gasteiger partial charge is 0.338 e. The number of benzene rings is 2. The molecule has 0 aliphatic rings. The Morgan fingerprint density at radius 2 is 1.67 bits per heavy atom. The first-order valence-corrected chi connectivity index (χ1v) is 8.35.